The molecule has 0 saturated heterocycles. The van der Waals surface area contributed by atoms with Crippen LogP contribution in [-0.4, -0.2) is 28.9 Å². The average Bonchev–Trinajstić information content (AvgIpc) is 3.02. The Morgan fingerprint density at radius 1 is 1.24 bits per heavy atom. The minimum atomic E-state index is -0.247. The van der Waals surface area contributed by atoms with Gasteiger partial charge in [-0.05, 0) is 26.3 Å². The zero-order valence-corrected chi connectivity index (χ0v) is 18.6. The molecule has 3 rings (SSSR count). The Labute approximate surface area is 176 Å². The van der Waals surface area contributed by atoms with Gasteiger partial charge < -0.3 is 15.4 Å². The van der Waals surface area contributed by atoms with Crippen molar-refractivity contribution in [1.29, 1.82) is 0 Å². The second kappa shape index (κ2) is 9.22. The minimum Gasteiger partial charge on any atom is -0.370 e. The van der Waals surface area contributed by atoms with Gasteiger partial charge in [0.1, 0.15) is 9.71 Å². The van der Waals surface area contributed by atoms with Gasteiger partial charge in [0, 0.05) is 30.3 Å². The van der Waals surface area contributed by atoms with E-state index in [0.29, 0.717) is 30.1 Å². The van der Waals surface area contributed by atoms with Gasteiger partial charge >= 0.3 is 0 Å². The highest BCUT2D eigenvalue weighted by Crippen LogP contribution is 2.38. The SMILES string of the molecule is CCCCCCNC(=O)c1sc2nc3c(cc2c1NC(=O)CC)COC(C)(C)C3. The molecule has 29 heavy (non-hydrogen) atoms. The number of nitrogens with zero attached hydrogens (tertiary/aromatic N) is 1. The van der Waals surface area contributed by atoms with E-state index >= 15 is 0 Å². The molecule has 0 bridgehead atoms. The number of thiophene rings is 1. The maximum atomic E-state index is 12.9. The van der Waals surface area contributed by atoms with E-state index in [1.165, 1.54) is 17.8 Å². The van der Waals surface area contributed by atoms with Crippen LogP contribution in [0.4, 0.5) is 5.69 Å². The lowest BCUT2D eigenvalue weighted by molar-refractivity contribution is -0.115. The lowest BCUT2D eigenvalue weighted by Crippen LogP contribution is -2.32. The molecule has 0 unspecified atom stereocenters. The summed E-state index contributed by atoms with van der Waals surface area (Å²) >= 11 is 1.35. The molecule has 0 saturated carbocycles. The fourth-order valence-corrected chi connectivity index (χ4v) is 4.50. The molecule has 2 N–H and O–H groups in total. The quantitative estimate of drug-likeness (QED) is 0.604. The molecule has 0 fully saturated rings. The van der Waals surface area contributed by atoms with Crippen LogP contribution in [0.25, 0.3) is 10.2 Å². The number of pyridine rings is 1. The number of carbonyl (C=O) groups excluding carboxylic acids is 2. The van der Waals surface area contributed by atoms with E-state index in [9.17, 15) is 9.59 Å². The number of hydrogen-bond acceptors (Lipinski definition) is 5. The standard InChI is InChI=1S/C22H31N3O3S/c1-5-7-8-9-10-23-20(27)19-18(25-17(26)6-2)15-11-14-13-28-22(3,4)12-16(14)24-21(15)29-19/h11H,5-10,12-13H2,1-4H3,(H,23,27)(H,25,26). The normalized spacial score (nSPS) is 15.2. The molecular weight excluding hydrogens is 386 g/mol. The van der Waals surface area contributed by atoms with Crippen LogP contribution in [0.1, 0.15) is 80.7 Å². The summed E-state index contributed by atoms with van der Waals surface area (Å²) in [5.74, 6) is -0.262. The third-order valence-electron chi connectivity index (χ3n) is 5.17. The van der Waals surface area contributed by atoms with Crippen molar-refractivity contribution < 1.29 is 14.3 Å². The molecule has 0 spiro atoms. The van der Waals surface area contributed by atoms with Crippen LogP contribution in [0.15, 0.2) is 6.07 Å². The van der Waals surface area contributed by atoms with Crippen LogP contribution in [0.3, 0.4) is 0 Å². The predicted molar refractivity (Wildman–Crippen MR) is 118 cm³/mol. The van der Waals surface area contributed by atoms with Crippen LogP contribution in [0.2, 0.25) is 0 Å². The van der Waals surface area contributed by atoms with Crippen molar-refractivity contribution in [3.05, 3.63) is 22.2 Å². The Bertz CT molecular complexity index is 904. The van der Waals surface area contributed by atoms with Gasteiger partial charge in [-0.1, -0.05) is 33.1 Å². The van der Waals surface area contributed by atoms with Gasteiger partial charge in [-0.2, -0.15) is 0 Å². The van der Waals surface area contributed by atoms with Crippen molar-refractivity contribution in [2.45, 2.75) is 78.4 Å². The highest BCUT2D eigenvalue weighted by Gasteiger charge is 2.29. The largest absolute Gasteiger partial charge is 0.370 e. The first-order valence-electron chi connectivity index (χ1n) is 10.5. The molecule has 0 aromatic carbocycles. The Morgan fingerprint density at radius 2 is 2.03 bits per heavy atom. The highest BCUT2D eigenvalue weighted by molar-refractivity contribution is 7.21. The monoisotopic (exact) mass is 417 g/mol. The van der Waals surface area contributed by atoms with E-state index in [-0.39, 0.29) is 17.4 Å². The van der Waals surface area contributed by atoms with E-state index in [4.69, 9.17) is 9.72 Å². The molecule has 0 atom stereocenters. The van der Waals surface area contributed by atoms with E-state index < -0.39 is 0 Å². The zero-order chi connectivity index (χ0) is 21.0. The van der Waals surface area contributed by atoms with Gasteiger partial charge in [0.15, 0.2) is 0 Å². The molecule has 1 aliphatic heterocycles. The van der Waals surface area contributed by atoms with Crippen molar-refractivity contribution >= 4 is 39.1 Å². The second-order valence-electron chi connectivity index (χ2n) is 8.20. The lowest BCUT2D eigenvalue weighted by atomic mass is 9.95. The summed E-state index contributed by atoms with van der Waals surface area (Å²) in [4.78, 5) is 31.1. The number of amides is 2. The maximum Gasteiger partial charge on any atom is 0.263 e. The average molecular weight is 418 g/mol. The third kappa shape index (κ3) is 5.14. The van der Waals surface area contributed by atoms with Gasteiger partial charge in [-0.15, -0.1) is 11.3 Å². The van der Waals surface area contributed by atoms with Crippen LogP contribution >= 0.6 is 11.3 Å². The van der Waals surface area contributed by atoms with Gasteiger partial charge in [0.2, 0.25) is 5.91 Å². The molecule has 2 aromatic rings. The Kier molecular flexibility index (Phi) is 6.90. The number of fused-ring (bicyclic) bond motifs is 2. The van der Waals surface area contributed by atoms with Crippen LogP contribution < -0.4 is 10.6 Å². The van der Waals surface area contributed by atoms with Gasteiger partial charge in [-0.25, -0.2) is 4.98 Å². The maximum absolute atomic E-state index is 12.9. The first kappa shape index (κ1) is 21.7. The molecule has 0 radical (unpaired) electrons. The van der Waals surface area contributed by atoms with E-state index in [0.717, 1.165) is 47.2 Å². The van der Waals surface area contributed by atoms with E-state index in [1.54, 1.807) is 6.92 Å². The zero-order valence-electron chi connectivity index (χ0n) is 17.8. The fraction of sp³-hybridized carbons (Fsp3) is 0.591. The second-order valence-corrected chi connectivity index (χ2v) is 9.20. The van der Waals surface area contributed by atoms with Gasteiger partial charge in [0.05, 0.1) is 23.6 Å². The third-order valence-corrected chi connectivity index (χ3v) is 6.27. The van der Waals surface area contributed by atoms with Crippen molar-refractivity contribution in [1.82, 2.24) is 10.3 Å². The Balaban J connectivity index is 1.92. The van der Waals surface area contributed by atoms with Crippen molar-refractivity contribution in [2.75, 3.05) is 11.9 Å². The fourth-order valence-electron chi connectivity index (χ4n) is 3.45. The first-order chi connectivity index (χ1) is 13.8. The minimum absolute atomic E-state index is 0.114. The number of carbonyl (C=O) groups is 2. The lowest BCUT2D eigenvalue weighted by Gasteiger charge is -2.31. The topological polar surface area (TPSA) is 80.3 Å². The summed E-state index contributed by atoms with van der Waals surface area (Å²) in [7, 11) is 0. The van der Waals surface area contributed by atoms with Crippen molar-refractivity contribution in [2.24, 2.45) is 0 Å². The molecule has 3 heterocycles. The number of anilines is 1. The summed E-state index contributed by atoms with van der Waals surface area (Å²) in [6, 6.07) is 2.02. The molecule has 2 amide bonds. The van der Waals surface area contributed by atoms with Crippen LogP contribution in [-0.2, 0) is 22.6 Å². The first-order valence-corrected chi connectivity index (χ1v) is 11.3. The number of aromatic nitrogens is 1. The summed E-state index contributed by atoms with van der Waals surface area (Å²) < 4.78 is 5.92. The Hall–Kier alpha value is -1.99. The summed E-state index contributed by atoms with van der Waals surface area (Å²) in [5.41, 5.74) is 2.36. The highest BCUT2D eigenvalue weighted by atomic mass is 32.1. The molecule has 1 aliphatic rings. The summed E-state index contributed by atoms with van der Waals surface area (Å²) in [6.45, 7) is 9.20. The van der Waals surface area contributed by atoms with Crippen LogP contribution in [0, 0.1) is 0 Å². The molecule has 2 aromatic heterocycles. The van der Waals surface area contributed by atoms with E-state index in [1.807, 2.05) is 6.07 Å². The van der Waals surface area contributed by atoms with Crippen molar-refractivity contribution in [3.63, 3.8) is 0 Å². The number of nitrogens with one attached hydrogen (secondary N) is 2. The molecule has 0 aliphatic carbocycles. The molecular formula is C22H31N3O3S. The summed E-state index contributed by atoms with van der Waals surface area (Å²) in [6.07, 6.45) is 5.47. The summed E-state index contributed by atoms with van der Waals surface area (Å²) in [5, 5.41) is 6.74. The molecule has 158 valence electrons. The molecule has 6 nitrogen and oxygen atoms in total. The molecule has 7 heteroatoms. The van der Waals surface area contributed by atoms with Gasteiger partial charge in [0.25, 0.3) is 5.91 Å². The van der Waals surface area contributed by atoms with E-state index in [2.05, 4.69) is 31.4 Å². The van der Waals surface area contributed by atoms with Crippen LogP contribution in [0.5, 0.6) is 0 Å². The van der Waals surface area contributed by atoms with Crippen molar-refractivity contribution in [3.8, 4) is 0 Å². The van der Waals surface area contributed by atoms with Gasteiger partial charge in [-0.3, -0.25) is 9.59 Å². The Morgan fingerprint density at radius 3 is 2.76 bits per heavy atom. The smallest absolute Gasteiger partial charge is 0.263 e. The number of rotatable bonds is 8. The number of unbranched alkanes of at least 4 members (excludes halogenated alkanes) is 3. The number of ether oxygens (including phenoxy) is 1. The predicted octanol–water partition coefficient (Wildman–Crippen LogP) is 4.81. The number of hydrogen-bond donors (Lipinski definition) is 2.